The van der Waals surface area contributed by atoms with Gasteiger partial charge in [0.05, 0.1) is 0 Å². The fraction of sp³-hybridized carbons (Fsp3) is 1.00. The van der Waals surface area contributed by atoms with Crippen molar-refractivity contribution in [1.82, 2.24) is 0 Å². The smallest absolute Gasteiger partial charge is 0.360 e. The summed E-state index contributed by atoms with van der Waals surface area (Å²) >= 11 is 0. The van der Waals surface area contributed by atoms with Gasteiger partial charge in [-0.3, -0.25) is 0 Å². The van der Waals surface area contributed by atoms with Crippen LogP contribution >= 0.6 is 0 Å². The van der Waals surface area contributed by atoms with Gasteiger partial charge in [0.1, 0.15) is 0 Å². The van der Waals surface area contributed by atoms with E-state index in [1.54, 1.807) is 0 Å². The molecule has 0 bridgehead atoms. The van der Waals surface area contributed by atoms with Crippen molar-refractivity contribution in [2.45, 2.75) is 0 Å². The van der Waals surface area contributed by atoms with E-state index in [1.165, 1.54) is 0 Å². The Morgan fingerprint density at radius 1 is 2.00 bits per heavy atom. The van der Waals surface area contributed by atoms with Crippen molar-refractivity contribution in [3.8, 4) is 0 Å². The van der Waals surface area contributed by atoms with Gasteiger partial charge in [-0.05, 0) is 0 Å². The molecule has 0 aliphatic heterocycles. The van der Waals surface area contributed by atoms with Crippen LogP contribution in [0.2, 0.25) is 0 Å². The largest absolute Gasteiger partial charge is 0.398 e. The second-order valence-electron chi connectivity index (χ2n) is 0.480. The van der Waals surface area contributed by atoms with E-state index >= 15 is 0 Å². The lowest BCUT2D eigenvalue weighted by Gasteiger charge is -1.81. The Morgan fingerprint density at radius 3 is 2.60 bits per heavy atom. The van der Waals surface area contributed by atoms with Crippen molar-refractivity contribution in [2.75, 3.05) is 6.86 Å². The summed E-state index contributed by atoms with van der Waals surface area (Å²) in [6, 6.07) is 0. The molecule has 0 atom stereocenters. The Hall–Kier alpha value is -0.0851. The van der Waals surface area contributed by atoms with Crippen LogP contribution in [0, 0.1) is 0 Å². The molecule has 0 aromatic carbocycles. The van der Waals surface area contributed by atoms with Crippen molar-refractivity contribution in [3.63, 3.8) is 0 Å². The van der Waals surface area contributed by atoms with Crippen LogP contribution in [0.1, 0.15) is 0 Å². The van der Waals surface area contributed by atoms with Gasteiger partial charge in [0.2, 0.25) is 0 Å². The molecule has 30 valence electrons. The van der Waals surface area contributed by atoms with Gasteiger partial charge in [-0.1, -0.05) is 0 Å². The van der Waals surface area contributed by atoms with E-state index in [0.29, 0.717) is 0 Å². The van der Waals surface area contributed by atoms with Gasteiger partial charge in [-0.15, -0.1) is 0 Å². The number of hydrogen-bond donors (Lipinski definition) is 1. The summed E-state index contributed by atoms with van der Waals surface area (Å²) in [4.78, 5) is 0. The summed E-state index contributed by atoms with van der Waals surface area (Å²) in [6.45, 7) is -0.781. The molecule has 0 unspecified atom stereocenters. The van der Waals surface area contributed by atoms with Gasteiger partial charge in [0.15, 0.2) is 6.86 Å². The van der Waals surface area contributed by atoms with E-state index in [4.69, 9.17) is 0 Å². The van der Waals surface area contributed by atoms with Crippen LogP contribution in [0.4, 0.5) is 4.39 Å². The molecule has 2 nitrogen and oxygen atoms in total. The first kappa shape index (κ1) is 4.91. The van der Waals surface area contributed by atoms with Crippen molar-refractivity contribution < 1.29 is 9.04 Å². The van der Waals surface area contributed by atoms with Crippen LogP contribution < -0.4 is 5.64 Å². The molecule has 0 amide bonds. The molecule has 2 N–H and O–H groups in total. The van der Waals surface area contributed by atoms with Gasteiger partial charge in [-0.25, -0.2) is 4.39 Å². The molecule has 4 heteroatoms. The molecule has 0 fully saturated rings. The molecule has 0 aromatic heterocycles. The van der Waals surface area contributed by atoms with Gasteiger partial charge in [-0.2, -0.15) is 0 Å². The lowest BCUT2D eigenvalue weighted by Crippen LogP contribution is -2.08. The Kier molecular flexibility index (Phi) is 3.85. The maximum Gasteiger partial charge on any atom is 0.360 e. The quantitative estimate of drug-likeness (QED) is 0.436. The van der Waals surface area contributed by atoms with E-state index in [1.807, 2.05) is 0 Å². The Morgan fingerprint density at radius 2 is 2.60 bits per heavy atom. The fourth-order valence-electron chi connectivity index (χ4n) is 0.0445. The Bertz CT molecular complexity index is 19.1. The van der Waals surface area contributed by atoms with E-state index < -0.39 is 6.86 Å². The van der Waals surface area contributed by atoms with E-state index in [2.05, 4.69) is 10.3 Å². The number of nitrogens with two attached hydrogens (primary N) is 1. The highest BCUT2D eigenvalue weighted by Crippen LogP contribution is 1.60. The van der Waals surface area contributed by atoms with Crippen molar-refractivity contribution >= 4 is 7.62 Å². The summed E-state index contributed by atoms with van der Waals surface area (Å²) in [6.07, 6.45) is 0. The van der Waals surface area contributed by atoms with E-state index in [9.17, 15) is 4.39 Å². The summed E-state index contributed by atoms with van der Waals surface area (Å²) in [5.74, 6) is 0. The van der Waals surface area contributed by atoms with Crippen LogP contribution in [0.25, 0.3) is 0 Å². The highest BCUT2D eigenvalue weighted by atomic mass is 19.1. The number of hydrogen-bond acceptors (Lipinski definition) is 2. The molecule has 0 saturated carbocycles. The highest BCUT2D eigenvalue weighted by molar-refractivity contribution is 6.21. The van der Waals surface area contributed by atoms with Crippen LogP contribution in [0.3, 0.4) is 0 Å². The zero-order chi connectivity index (χ0) is 4.12. The molecule has 0 aromatic rings. The maximum absolute atomic E-state index is 10.7. The monoisotopic (exact) mass is 77.0 g/mol. The van der Waals surface area contributed by atoms with Crippen molar-refractivity contribution in [1.29, 1.82) is 0 Å². The zero-order valence-electron chi connectivity index (χ0n) is 2.78. The van der Waals surface area contributed by atoms with E-state index in [-0.39, 0.29) is 7.62 Å². The molecule has 0 aliphatic rings. The molecule has 0 aliphatic carbocycles. The molecular weight excluding hydrogens is 71.8 g/mol. The second kappa shape index (κ2) is 3.91. The average Bonchev–Trinajstić information content (AvgIpc) is 1.41. The van der Waals surface area contributed by atoms with Crippen LogP contribution in [-0.4, -0.2) is 14.5 Å². The third kappa shape index (κ3) is 3.91. The normalized spacial score (nSPS) is 7.60. The summed E-state index contributed by atoms with van der Waals surface area (Å²) < 4.78 is 14.6. The van der Waals surface area contributed by atoms with Crippen LogP contribution in [0.15, 0.2) is 0 Å². The maximum atomic E-state index is 10.7. The molecular formula is CH5BFNO. The molecule has 0 saturated heterocycles. The third-order valence-electron chi connectivity index (χ3n) is 0.195. The summed E-state index contributed by atoms with van der Waals surface area (Å²) in [5.41, 5.74) is 4.68. The topological polar surface area (TPSA) is 35.2 Å². The minimum absolute atomic E-state index is 0.0312. The van der Waals surface area contributed by atoms with Crippen molar-refractivity contribution in [2.24, 2.45) is 5.64 Å². The number of rotatable bonds is 2. The standard InChI is InChI=1S/CH5BFNO/c3-1-5-2-4/h2H,1,4H2. The Labute approximate surface area is 30.4 Å². The molecule has 0 heterocycles. The number of alkyl halides is 1. The first-order chi connectivity index (χ1) is 2.41. The van der Waals surface area contributed by atoms with Gasteiger partial charge < -0.3 is 10.3 Å². The van der Waals surface area contributed by atoms with Crippen LogP contribution in [0.5, 0.6) is 0 Å². The first-order valence-corrected chi connectivity index (χ1v) is 1.25. The number of halogens is 1. The predicted molar refractivity (Wildman–Crippen MR) is 18.4 cm³/mol. The van der Waals surface area contributed by atoms with Gasteiger partial charge in [0.25, 0.3) is 0 Å². The SMILES string of the molecule is NBOCF. The lowest BCUT2D eigenvalue weighted by atomic mass is 10.3. The predicted octanol–water partition coefficient (Wildman–Crippen LogP) is -0.845. The first-order valence-electron chi connectivity index (χ1n) is 1.25. The molecule has 0 rings (SSSR count). The van der Waals surface area contributed by atoms with Gasteiger partial charge in [0, 0.05) is 0 Å². The fourth-order valence-corrected chi connectivity index (χ4v) is 0.0445. The van der Waals surface area contributed by atoms with Crippen LogP contribution in [-0.2, 0) is 4.65 Å². The third-order valence-corrected chi connectivity index (χ3v) is 0.195. The van der Waals surface area contributed by atoms with Crippen molar-refractivity contribution in [3.05, 3.63) is 0 Å². The lowest BCUT2D eigenvalue weighted by molar-refractivity contribution is 0.200. The molecule has 5 heavy (non-hydrogen) atoms. The Balaban J connectivity index is 2.19. The minimum atomic E-state index is -0.781. The highest BCUT2D eigenvalue weighted by Gasteiger charge is 1.72. The molecule has 0 spiro atoms. The minimum Gasteiger partial charge on any atom is -0.398 e. The molecule has 0 radical (unpaired) electrons. The summed E-state index contributed by atoms with van der Waals surface area (Å²) in [5, 5.41) is 0. The summed E-state index contributed by atoms with van der Waals surface area (Å²) in [7, 11) is -0.0312. The van der Waals surface area contributed by atoms with Gasteiger partial charge >= 0.3 is 7.62 Å². The second-order valence-corrected chi connectivity index (χ2v) is 0.480. The van der Waals surface area contributed by atoms with E-state index in [0.717, 1.165) is 0 Å². The zero-order valence-corrected chi connectivity index (χ0v) is 2.78. The average molecular weight is 76.9 g/mol.